The Labute approximate surface area is 145 Å². The fourth-order valence-corrected chi connectivity index (χ4v) is 4.61. The zero-order valence-corrected chi connectivity index (χ0v) is 14.6. The van der Waals surface area contributed by atoms with Crippen LogP contribution in [-0.4, -0.2) is 57.1 Å². The fourth-order valence-electron chi connectivity index (χ4n) is 3.68. The van der Waals surface area contributed by atoms with Gasteiger partial charge in [-0.15, -0.1) is 11.3 Å². The maximum Gasteiger partial charge on any atom is 0.265 e. The van der Waals surface area contributed by atoms with Crippen LogP contribution in [-0.2, 0) is 6.54 Å². The number of nitrogens with one attached hydrogen (secondary N) is 1. The van der Waals surface area contributed by atoms with Crippen LogP contribution in [0.3, 0.4) is 0 Å². The molecule has 1 amide bonds. The Kier molecular flexibility index (Phi) is 4.62. The molecule has 0 spiro atoms. The number of hydrogen-bond acceptors (Lipinski definition) is 5. The molecule has 0 bridgehead atoms. The quantitative estimate of drug-likeness (QED) is 0.924. The summed E-state index contributed by atoms with van der Waals surface area (Å²) in [4.78, 5) is 22.5. The highest BCUT2D eigenvalue weighted by atomic mass is 32.1. The minimum atomic E-state index is 0.129. The summed E-state index contributed by atoms with van der Waals surface area (Å²) in [5.74, 6) is 0.492. The summed E-state index contributed by atoms with van der Waals surface area (Å²) in [6, 6.07) is 2.01. The van der Waals surface area contributed by atoms with Crippen LogP contribution in [0.5, 0.6) is 0 Å². The van der Waals surface area contributed by atoms with Crippen LogP contribution >= 0.6 is 11.3 Å². The number of nitrogens with zero attached hydrogens (tertiary/aromatic N) is 4. The van der Waals surface area contributed by atoms with E-state index in [9.17, 15) is 4.79 Å². The van der Waals surface area contributed by atoms with Gasteiger partial charge >= 0.3 is 0 Å². The number of carbonyl (C=O) groups is 1. The van der Waals surface area contributed by atoms with E-state index in [4.69, 9.17) is 0 Å². The number of piperidine rings is 1. The lowest BCUT2D eigenvalue weighted by molar-refractivity contribution is 0.0710. The van der Waals surface area contributed by atoms with Crippen LogP contribution in [0.4, 0.5) is 0 Å². The summed E-state index contributed by atoms with van der Waals surface area (Å²) in [6.45, 7) is 4.79. The van der Waals surface area contributed by atoms with Crippen LogP contribution in [0.1, 0.15) is 52.0 Å². The minimum absolute atomic E-state index is 0.129. The van der Waals surface area contributed by atoms with Crippen molar-refractivity contribution in [1.82, 2.24) is 25.0 Å². The first-order valence-corrected chi connectivity index (χ1v) is 9.57. The van der Waals surface area contributed by atoms with Crippen molar-refractivity contribution in [3.63, 3.8) is 0 Å². The van der Waals surface area contributed by atoms with Crippen molar-refractivity contribution in [3.8, 4) is 0 Å². The van der Waals surface area contributed by atoms with E-state index in [1.807, 2.05) is 11.0 Å². The van der Waals surface area contributed by atoms with Gasteiger partial charge in [-0.05, 0) is 44.8 Å². The highest BCUT2D eigenvalue weighted by Gasteiger charge is 2.27. The van der Waals surface area contributed by atoms with Crippen LogP contribution in [0.15, 0.2) is 18.5 Å². The lowest BCUT2D eigenvalue weighted by atomic mass is 9.95. The third kappa shape index (κ3) is 3.37. The van der Waals surface area contributed by atoms with Crippen LogP contribution in [0, 0.1) is 0 Å². The van der Waals surface area contributed by atoms with Gasteiger partial charge in [0.15, 0.2) is 0 Å². The summed E-state index contributed by atoms with van der Waals surface area (Å²) in [5, 5.41) is 8.14. The second-order valence-corrected chi connectivity index (χ2v) is 7.82. The standard InChI is InChI=1S/C17H23N5OS/c23-17(15-10-18-16(24-15)12-21-7-1-2-8-21)22-9-3-4-13(11-22)14-5-6-19-20-14/h5-6,10,13H,1-4,7-9,11-12H2,(H,19,20)/t13-/m1/s1. The smallest absolute Gasteiger partial charge is 0.265 e. The molecule has 2 aromatic rings. The molecule has 2 aromatic heterocycles. The molecule has 2 aliphatic rings. The number of aromatic amines is 1. The van der Waals surface area contributed by atoms with Crippen molar-refractivity contribution in [3.05, 3.63) is 34.0 Å². The number of amides is 1. The molecule has 0 unspecified atom stereocenters. The molecular weight excluding hydrogens is 322 g/mol. The number of carbonyl (C=O) groups excluding carboxylic acids is 1. The van der Waals surface area contributed by atoms with E-state index in [0.29, 0.717) is 5.92 Å². The molecule has 128 valence electrons. The second-order valence-electron chi connectivity index (χ2n) is 6.70. The van der Waals surface area contributed by atoms with Gasteiger partial charge in [-0.25, -0.2) is 4.98 Å². The minimum Gasteiger partial charge on any atom is -0.337 e. The Hall–Kier alpha value is -1.73. The van der Waals surface area contributed by atoms with Crippen molar-refractivity contribution in [2.24, 2.45) is 0 Å². The Morgan fingerprint density at radius 1 is 1.29 bits per heavy atom. The lowest BCUT2D eigenvalue weighted by Crippen LogP contribution is -2.38. The zero-order chi connectivity index (χ0) is 16.4. The van der Waals surface area contributed by atoms with Gasteiger partial charge in [0.25, 0.3) is 5.91 Å². The van der Waals surface area contributed by atoms with Gasteiger partial charge in [-0.3, -0.25) is 14.8 Å². The molecular formula is C17H23N5OS. The molecule has 0 radical (unpaired) electrons. The Bertz CT molecular complexity index is 677. The van der Waals surface area contributed by atoms with Crippen molar-refractivity contribution in [1.29, 1.82) is 0 Å². The molecule has 1 atom stereocenters. The summed E-state index contributed by atoms with van der Waals surface area (Å²) >= 11 is 1.56. The molecule has 1 N–H and O–H groups in total. The number of likely N-dealkylation sites (tertiary alicyclic amines) is 2. The molecule has 0 saturated carbocycles. The van der Waals surface area contributed by atoms with Gasteiger partial charge in [0, 0.05) is 30.9 Å². The molecule has 0 aromatic carbocycles. The third-order valence-corrected chi connectivity index (χ3v) is 5.96. The van der Waals surface area contributed by atoms with Crippen molar-refractivity contribution in [2.45, 2.75) is 38.1 Å². The predicted octanol–water partition coefficient (Wildman–Crippen LogP) is 2.48. The lowest BCUT2D eigenvalue weighted by Gasteiger charge is -2.31. The molecule has 4 rings (SSSR count). The van der Waals surface area contributed by atoms with Crippen molar-refractivity contribution < 1.29 is 4.79 Å². The van der Waals surface area contributed by atoms with E-state index in [1.54, 1.807) is 23.7 Å². The molecule has 2 fully saturated rings. The Balaban J connectivity index is 1.40. The van der Waals surface area contributed by atoms with Gasteiger partial charge in [0.1, 0.15) is 9.88 Å². The number of H-pyrrole nitrogens is 1. The van der Waals surface area contributed by atoms with E-state index < -0.39 is 0 Å². The van der Waals surface area contributed by atoms with Crippen LogP contribution in [0.25, 0.3) is 0 Å². The first kappa shape index (κ1) is 15.8. The molecule has 7 heteroatoms. The summed E-state index contributed by atoms with van der Waals surface area (Å²) in [6.07, 6.45) is 8.24. The zero-order valence-electron chi connectivity index (χ0n) is 13.8. The summed E-state index contributed by atoms with van der Waals surface area (Å²) in [5.41, 5.74) is 1.13. The molecule has 2 aliphatic heterocycles. The summed E-state index contributed by atoms with van der Waals surface area (Å²) < 4.78 is 0. The second kappa shape index (κ2) is 7.03. The molecule has 4 heterocycles. The van der Waals surface area contributed by atoms with Gasteiger partial charge in [0.05, 0.1) is 12.7 Å². The van der Waals surface area contributed by atoms with Gasteiger partial charge < -0.3 is 4.90 Å². The van der Waals surface area contributed by atoms with E-state index in [-0.39, 0.29) is 5.91 Å². The van der Waals surface area contributed by atoms with Crippen LogP contribution in [0.2, 0.25) is 0 Å². The van der Waals surface area contributed by atoms with Gasteiger partial charge in [-0.1, -0.05) is 0 Å². The van der Waals surface area contributed by atoms with Gasteiger partial charge in [-0.2, -0.15) is 5.10 Å². The summed E-state index contributed by atoms with van der Waals surface area (Å²) in [7, 11) is 0. The number of rotatable bonds is 4. The monoisotopic (exact) mass is 345 g/mol. The van der Waals surface area contributed by atoms with Crippen LogP contribution < -0.4 is 0 Å². The highest BCUT2D eigenvalue weighted by Crippen LogP contribution is 2.27. The highest BCUT2D eigenvalue weighted by molar-refractivity contribution is 7.13. The van der Waals surface area contributed by atoms with E-state index >= 15 is 0 Å². The Morgan fingerprint density at radius 2 is 2.17 bits per heavy atom. The molecule has 2 saturated heterocycles. The fraction of sp³-hybridized carbons (Fsp3) is 0.588. The normalized spacial score (nSPS) is 22.2. The maximum absolute atomic E-state index is 12.8. The molecule has 24 heavy (non-hydrogen) atoms. The van der Waals surface area contributed by atoms with E-state index in [0.717, 1.165) is 61.1 Å². The average molecular weight is 345 g/mol. The first-order valence-electron chi connectivity index (χ1n) is 8.75. The van der Waals surface area contributed by atoms with Crippen molar-refractivity contribution >= 4 is 17.2 Å². The third-order valence-electron chi connectivity index (χ3n) is 4.99. The predicted molar refractivity (Wildman–Crippen MR) is 93.1 cm³/mol. The Morgan fingerprint density at radius 3 is 2.96 bits per heavy atom. The van der Waals surface area contributed by atoms with Gasteiger partial charge in [0.2, 0.25) is 0 Å². The number of aromatic nitrogens is 3. The number of thiazole rings is 1. The maximum atomic E-state index is 12.8. The SMILES string of the molecule is O=C(c1cnc(CN2CCCC2)s1)N1CCC[C@@H](c2ccn[nH]2)C1. The molecule has 6 nitrogen and oxygen atoms in total. The van der Waals surface area contributed by atoms with E-state index in [1.165, 1.54) is 12.8 Å². The molecule has 0 aliphatic carbocycles. The average Bonchev–Trinajstić information content (AvgIpc) is 3.37. The first-order chi connectivity index (χ1) is 11.8. The van der Waals surface area contributed by atoms with Crippen molar-refractivity contribution in [2.75, 3.05) is 26.2 Å². The van der Waals surface area contributed by atoms with E-state index in [2.05, 4.69) is 20.1 Å². The largest absolute Gasteiger partial charge is 0.337 e. The topological polar surface area (TPSA) is 65.1 Å². The number of hydrogen-bond donors (Lipinski definition) is 1.